The van der Waals surface area contributed by atoms with Crippen LogP contribution in [0.2, 0.25) is 0 Å². The van der Waals surface area contributed by atoms with Gasteiger partial charge < -0.3 is 10.4 Å². The molecular weight excluding hydrogens is 311 g/mol. The molecule has 0 saturated heterocycles. The van der Waals surface area contributed by atoms with Crippen LogP contribution in [0.15, 0.2) is 22.7 Å². The predicted molar refractivity (Wildman–Crippen MR) is 68.5 cm³/mol. The maximum absolute atomic E-state index is 12.5. The Hall–Kier alpha value is -0.750. The van der Waals surface area contributed by atoms with E-state index in [2.05, 4.69) is 21.2 Å². The first-order valence-electron chi connectivity index (χ1n) is 5.62. The molecule has 0 fully saturated rings. The Morgan fingerprint density at radius 1 is 1.39 bits per heavy atom. The summed E-state index contributed by atoms with van der Waals surface area (Å²) < 4.78 is 37.8. The van der Waals surface area contributed by atoms with Crippen molar-refractivity contribution in [3.63, 3.8) is 0 Å². The maximum Gasteiger partial charge on any atom is 0.416 e. The largest absolute Gasteiger partial charge is 0.416 e. The van der Waals surface area contributed by atoms with E-state index in [-0.39, 0.29) is 12.6 Å². The second-order valence-corrected chi connectivity index (χ2v) is 4.81. The van der Waals surface area contributed by atoms with Crippen molar-refractivity contribution >= 4 is 21.6 Å². The van der Waals surface area contributed by atoms with Crippen molar-refractivity contribution < 1.29 is 18.3 Å². The summed E-state index contributed by atoms with van der Waals surface area (Å²) in [6.07, 6.45) is -2.99. The zero-order valence-electron chi connectivity index (χ0n) is 9.89. The minimum Gasteiger partial charge on any atom is -0.396 e. The van der Waals surface area contributed by atoms with E-state index in [9.17, 15) is 13.2 Å². The number of halogens is 4. The number of alkyl halides is 3. The third-order valence-electron chi connectivity index (χ3n) is 2.63. The second-order valence-electron chi connectivity index (χ2n) is 3.95. The lowest BCUT2D eigenvalue weighted by Gasteiger charge is -2.19. The monoisotopic (exact) mass is 325 g/mol. The molecule has 2 nitrogen and oxygen atoms in total. The van der Waals surface area contributed by atoms with Crippen LogP contribution in [0.25, 0.3) is 0 Å². The summed E-state index contributed by atoms with van der Waals surface area (Å²) in [6.45, 7) is 2.00. The van der Waals surface area contributed by atoms with Gasteiger partial charge in [0, 0.05) is 22.8 Å². The van der Waals surface area contributed by atoms with Crippen molar-refractivity contribution in [3.05, 3.63) is 28.2 Å². The molecule has 0 amide bonds. The smallest absolute Gasteiger partial charge is 0.396 e. The number of aliphatic hydroxyl groups excluding tert-OH is 1. The highest BCUT2D eigenvalue weighted by molar-refractivity contribution is 9.10. The van der Waals surface area contributed by atoms with Gasteiger partial charge in [0.15, 0.2) is 0 Å². The molecule has 0 aliphatic heterocycles. The van der Waals surface area contributed by atoms with Crippen LogP contribution < -0.4 is 5.32 Å². The molecular formula is C12H15BrF3NO. The number of benzene rings is 1. The Balaban J connectivity index is 2.85. The average Bonchev–Trinajstić information content (AvgIpc) is 2.29. The van der Waals surface area contributed by atoms with Gasteiger partial charge in [-0.15, -0.1) is 0 Å². The zero-order chi connectivity index (χ0) is 13.8. The molecule has 1 aromatic rings. The van der Waals surface area contributed by atoms with Crippen LogP contribution in [0.3, 0.4) is 0 Å². The van der Waals surface area contributed by atoms with Gasteiger partial charge in [0.2, 0.25) is 0 Å². The van der Waals surface area contributed by atoms with Gasteiger partial charge in [-0.2, -0.15) is 13.2 Å². The first-order chi connectivity index (χ1) is 8.38. The fourth-order valence-electron chi connectivity index (χ4n) is 1.56. The van der Waals surface area contributed by atoms with Crippen molar-refractivity contribution in [3.8, 4) is 0 Å². The summed E-state index contributed by atoms with van der Waals surface area (Å²) in [7, 11) is 0. The molecule has 0 spiro atoms. The number of rotatable bonds is 5. The Bertz CT molecular complexity index is 395. The predicted octanol–water partition coefficient (Wildman–Crippen LogP) is 4.04. The summed E-state index contributed by atoms with van der Waals surface area (Å²) in [5.74, 6) is 0. The maximum atomic E-state index is 12.5. The summed E-state index contributed by atoms with van der Waals surface area (Å²) in [5, 5.41) is 12.0. The molecule has 1 aromatic carbocycles. The van der Waals surface area contributed by atoms with Crippen LogP contribution in [-0.4, -0.2) is 17.8 Å². The second kappa shape index (κ2) is 6.43. The van der Waals surface area contributed by atoms with E-state index < -0.39 is 11.7 Å². The molecule has 1 rings (SSSR count). The molecule has 1 unspecified atom stereocenters. The Morgan fingerprint density at radius 2 is 2.06 bits per heavy atom. The highest BCUT2D eigenvalue weighted by atomic mass is 79.9. The standard InChI is InChI=1S/C12H15BrF3NO/c1-2-9(5-6-18)17-11-4-3-8(7-10(11)13)12(14,15)16/h3-4,7,9,17-18H,2,5-6H2,1H3. The van der Waals surface area contributed by atoms with E-state index >= 15 is 0 Å². The summed E-state index contributed by atoms with van der Waals surface area (Å²) in [5.41, 5.74) is -0.0848. The van der Waals surface area contributed by atoms with E-state index in [4.69, 9.17) is 5.11 Å². The van der Waals surface area contributed by atoms with Crippen LogP contribution in [-0.2, 0) is 6.18 Å². The quantitative estimate of drug-likeness (QED) is 0.856. The Labute approximate surface area is 112 Å². The van der Waals surface area contributed by atoms with Gasteiger partial charge in [-0.05, 0) is 47.0 Å². The van der Waals surface area contributed by atoms with Crippen LogP contribution in [0.1, 0.15) is 25.3 Å². The van der Waals surface area contributed by atoms with Crippen LogP contribution >= 0.6 is 15.9 Å². The highest BCUT2D eigenvalue weighted by Crippen LogP contribution is 2.34. The van der Waals surface area contributed by atoms with Gasteiger partial charge in [0.1, 0.15) is 0 Å². The van der Waals surface area contributed by atoms with Gasteiger partial charge in [-0.25, -0.2) is 0 Å². The van der Waals surface area contributed by atoms with Crippen molar-refractivity contribution in [2.24, 2.45) is 0 Å². The summed E-state index contributed by atoms with van der Waals surface area (Å²) >= 11 is 3.12. The number of anilines is 1. The fraction of sp³-hybridized carbons (Fsp3) is 0.500. The molecule has 0 bridgehead atoms. The molecule has 0 radical (unpaired) electrons. The van der Waals surface area contributed by atoms with E-state index in [1.54, 1.807) is 0 Å². The molecule has 0 saturated carbocycles. The molecule has 102 valence electrons. The lowest BCUT2D eigenvalue weighted by Crippen LogP contribution is -2.20. The highest BCUT2D eigenvalue weighted by Gasteiger charge is 2.30. The first kappa shape index (κ1) is 15.3. The summed E-state index contributed by atoms with van der Waals surface area (Å²) in [4.78, 5) is 0. The van der Waals surface area contributed by atoms with Gasteiger partial charge in [-0.3, -0.25) is 0 Å². The van der Waals surface area contributed by atoms with Crippen molar-refractivity contribution in [1.29, 1.82) is 0 Å². The van der Waals surface area contributed by atoms with Gasteiger partial charge in [-0.1, -0.05) is 6.92 Å². The minimum absolute atomic E-state index is 0.0445. The van der Waals surface area contributed by atoms with Crippen LogP contribution in [0.4, 0.5) is 18.9 Å². The van der Waals surface area contributed by atoms with Gasteiger partial charge in [0.05, 0.1) is 5.56 Å². The number of nitrogens with one attached hydrogen (secondary N) is 1. The molecule has 18 heavy (non-hydrogen) atoms. The van der Waals surface area contributed by atoms with E-state index in [0.717, 1.165) is 18.6 Å². The minimum atomic E-state index is -4.34. The van der Waals surface area contributed by atoms with Crippen LogP contribution in [0, 0.1) is 0 Å². The van der Waals surface area contributed by atoms with Crippen molar-refractivity contribution in [2.45, 2.75) is 32.0 Å². The molecule has 0 heterocycles. The topological polar surface area (TPSA) is 32.3 Å². The molecule has 2 N–H and O–H groups in total. The molecule has 0 aliphatic carbocycles. The van der Waals surface area contributed by atoms with Gasteiger partial charge in [0.25, 0.3) is 0 Å². The molecule has 6 heteroatoms. The first-order valence-corrected chi connectivity index (χ1v) is 6.42. The number of hydrogen-bond acceptors (Lipinski definition) is 2. The van der Waals surface area contributed by atoms with Gasteiger partial charge >= 0.3 is 6.18 Å². The third kappa shape index (κ3) is 4.17. The van der Waals surface area contributed by atoms with Crippen molar-refractivity contribution in [1.82, 2.24) is 0 Å². The molecule has 0 aromatic heterocycles. The normalized spacial score (nSPS) is 13.4. The lowest BCUT2D eigenvalue weighted by molar-refractivity contribution is -0.137. The molecule has 0 aliphatic rings. The summed E-state index contributed by atoms with van der Waals surface area (Å²) in [6, 6.07) is 3.53. The average molecular weight is 326 g/mol. The zero-order valence-corrected chi connectivity index (χ0v) is 11.5. The van der Waals surface area contributed by atoms with Crippen LogP contribution in [0.5, 0.6) is 0 Å². The Kier molecular flexibility index (Phi) is 5.47. The van der Waals surface area contributed by atoms with E-state index in [0.29, 0.717) is 16.6 Å². The SMILES string of the molecule is CCC(CCO)Nc1ccc(C(F)(F)F)cc1Br. The Morgan fingerprint density at radius 3 is 2.50 bits per heavy atom. The lowest BCUT2D eigenvalue weighted by atomic mass is 10.1. The number of hydrogen-bond donors (Lipinski definition) is 2. The third-order valence-corrected chi connectivity index (χ3v) is 3.28. The fourth-order valence-corrected chi connectivity index (χ4v) is 2.06. The number of aliphatic hydroxyl groups is 1. The van der Waals surface area contributed by atoms with Crippen molar-refractivity contribution in [2.75, 3.05) is 11.9 Å². The van der Waals surface area contributed by atoms with E-state index in [1.165, 1.54) is 6.07 Å². The molecule has 1 atom stereocenters. The van der Waals surface area contributed by atoms with E-state index in [1.807, 2.05) is 6.92 Å².